The maximum absolute atomic E-state index is 12.2. The number of oxime groups is 1. The second kappa shape index (κ2) is 13.5. The van der Waals surface area contributed by atoms with Gasteiger partial charge in [0.05, 0.1) is 5.56 Å². The first-order valence-electron chi connectivity index (χ1n) is 9.92. The normalized spacial score (nSPS) is 26.1. The van der Waals surface area contributed by atoms with Crippen LogP contribution in [0.15, 0.2) is 35.5 Å². The minimum Gasteiger partial charge on any atom is -0.459 e. The van der Waals surface area contributed by atoms with Crippen molar-refractivity contribution in [2.45, 2.75) is 49.1 Å². The van der Waals surface area contributed by atoms with Crippen LogP contribution >= 0.6 is 23.5 Å². The van der Waals surface area contributed by atoms with Gasteiger partial charge in [0.25, 0.3) is 0 Å². The summed E-state index contributed by atoms with van der Waals surface area (Å²) in [6.07, 6.45) is -2.32. The summed E-state index contributed by atoms with van der Waals surface area (Å²) >= 11 is 2.40. The number of carbonyl (C=O) groups is 1. The lowest BCUT2D eigenvalue weighted by Gasteiger charge is -2.39. The fourth-order valence-electron chi connectivity index (χ4n) is 2.84. The SMILES string of the molecule is CSCCCCC(=NOS(=O)(=O)O)S[C@@H]1O[C@H](COC(=O)c2ccccc2)[C@@H](O)[C@H](O)[C@H]1O. The van der Waals surface area contributed by atoms with Gasteiger partial charge in [0, 0.05) is 0 Å². The Morgan fingerprint density at radius 2 is 1.82 bits per heavy atom. The zero-order valence-electron chi connectivity index (χ0n) is 17.7. The second-order valence-corrected chi connectivity index (χ2v) is 10.2. The van der Waals surface area contributed by atoms with Crippen molar-refractivity contribution in [1.29, 1.82) is 0 Å². The first kappa shape index (κ1) is 27.9. The fraction of sp³-hybridized carbons (Fsp3) is 0.579. The van der Waals surface area contributed by atoms with Gasteiger partial charge in [-0.25, -0.2) is 9.08 Å². The summed E-state index contributed by atoms with van der Waals surface area (Å²) in [6, 6.07) is 8.14. The highest BCUT2D eigenvalue weighted by atomic mass is 32.3. The van der Waals surface area contributed by atoms with Gasteiger partial charge in [-0.1, -0.05) is 35.1 Å². The molecule has 1 saturated heterocycles. The summed E-state index contributed by atoms with van der Waals surface area (Å²) in [5.41, 5.74) is -0.899. The van der Waals surface area contributed by atoms with Gasteiger partial charge in [-0.05, 0) is 43.4 Å². The van der Waals surface area contributed by atoms with E-state index in [0.717, 1.165) is 23.9 Å². The highest BCUT2D eigenvalue weighted by Crippen LogP contribution is 2.31. The quantitative estimate of drug-likeness (QED) is 0.0809. The maximum atomic E-state index is 12.2. The Kier molecular flexibility index (Phi) is 11.4. The van der Waals surface area contributed by atoms with Crippen molar-refractivity contribution in [3.63, 3.8) is 0 Å². The van der Waals surface area contributed by atoms with Crippen molar-refractivity contribution in [3.05, 3.63) is 35.9 Å². The lowest BCUT2D eigenvalue weighted by Crippen LogP contribution is -2.58. The summed E-state index contributed by atoms with van der Waals surface area (Å²) in [7, 11) is -4.84. The number of aliphatic hydroxyl groups is 3. The molecular formula is C19H27NO10S3. The first-order chi connectivity index (χ1) is 15.6. The molecule has 5 atom stereocenters. The van der Waals surface area contributed by atoms with Gasteiger partial charge < -0.3 is 24.8 Å². The van der Waals surface area contributed by atoms with Crippen LogP contribution in [0.3, 0.4) is 0 Å². The molecule has 33 heavy (non-hydrogen) atoms. The number of benzene rings is 1. The molecule has 14 heteroatoms. The smallest absolute Gasteiger partial charge is 0.459 e. The van der Waals surface area contributed by atoms with Crippen LogP contribution in [0.2, 0.25) is 0 Å². The Labute approximate surface area is 200 Å². The van der Waals surface area contributed by atoms with E-state index in [1.165, 1.54) is 0 Å². The molecule has 1 aliphatic heterocycles. The summed E-state index contributed by atoms with van der Waals surface area (Å²) in [5, 5.41) is 34.3. The van der Waals surface area contributed by atoms with Crippen molar-refractivity contribution in [3.8, 4) is 0 Å². The van der Waals surface area contributed by atoms with E-state index >= 15 is 0 Å². The highest BCUT2D eigenvalue weighted by Gasteiger charge is 2.45. The average Bonchev–Trinajstić information content (AvgIpc) is 2.79. The Balaban J connectivity index is 2.06. The number of thioether (sulfide) groups is 2. The monoisotopic (exact) mass is 525 g/mol. The van der Waals surface area contributed by atoms with E-state index in [9.17, 15) is 28.5 Å². The summed E-state index contributed by atoms with van der Waals surface area (Å²) in [4.78, 5) is 12.2. The van der Waals surface area contributed by atoms with E-state index < -0.39 is 52.8 Å². The Hall–Kier alpha value is -1.39. The Bertz CT molecular complexity index is 883. The van der Waals surface area contributed by atoms with E-state index in [0.29, 0.717) is 6.42 Å². The minimum absolute atomic E-state index is 0.0846. The third kappa shape index (κ3) is 9.41. The van der Waals surface area contributed by atoms with Crippen molar-refractivity contribution < 1.29 is 46.8 Å². The zero-order chi connectivity index (χ0) is 24.4. The molecule has 1 aromatic carbocycles. The topological polar surface area (TPSA) is 172 Å². The number of ether oxygens (including phenoxy) is 2. The van der Waals surface area contributed by atoms with Crippen LogP contribution in [0, 0.1) is 0 Å². The molecule has 1 aromatic rings. The zero-order valence-corrected chi connectivity index (χ0v) is 20.2. The van der Waals surface area contributed by atoms with Crippen LogP contribution in [0.1, 0.15) is 29.6 Å². The molecule has 1 aliphatic rings. The van der Waals surface area contributed by atoms with Crippen LogP contribution in [0.4, 0.5) is 0 Å². The predicted molar refractivity (Wildman–Crippen MR) is 123 cm³/mol. The molecule has 2 rings (SSSR count). The van der Waals surface area contributed by atoms with Crippen LogP contribution < -0.4 is 0 Å². The van der Waals surface area contributed by atoms with Gasteiger partial charge in [-0.3, -0.25) is 4.55 Å². The number of hydrogen-bond acceptors (Lipinski definition) is 12. The number of rotatable bonds is 11. The molecule has 186 valence electrons. The Morgan fingerprint density at radius 1 is 1.12 bits per heavy atom. The van der Waals surface area contributed by atoms with E-state index in [-0.39, 0.29) is 17.0 Å². The van der Waals surface area contributed by atoms with Gasteiger partial charge in [-0.15, -0.1) is 0 Å². The standard InChI is InChI=1S/C19H27NO10S3/c1-31-10-6-5-9-14(20-30-33(25,26)27)32-19-17(23)16(22)15(21)13(29-19)11-28-18(24)12-7-3-2-4-8-12/h2-4,7-8,13,15-17,19,21-23H,5-6,9-11H2,1H3,(H,25,26,27)/t13-,15-,16+,17-,19+/m1/s1. The molecule has 11 nitrogen and oxygen atoms in total. The predicted octanol–water partition coefficient (Wildman–Crippen LogP) is 1.05. The van der Waals surface area contributed by atoms with Gasteiger partial charge >= 0.3 is 16.4 Å². The lowest BCUT2D eigenvalue weighted by atomic mass is 10.0. The highest BCUT2D eigenvalue weighted by molar-refractivity contribution is 8.14. The molecule has 0 unspecified atom stereocenters. The molecule has 0 aliphatic carbocycles. The van der Waals surface area contributed by atoms with Crippen LogP contribution in [0.5, 0.6) is 0 Å². The number of nitrogens with zero attached hydrogens (tertiary/aromatic N) is 1. The molecule has 0 spiro atoms. The number of aliphatic hydroxyl groups excluding tert-OH is 3. The van der Waals surface area contributed by atoms with Crippen molar-refractivity contribution >= 4 is 44.9 Å². The molecular weight excluding hydrogens is 498 g/mol. The number of esters is 1. The second-order valence-electron chi connectivity index (χ2n) is 7.03. The van der Waals surface area contributed by atoms with E-state index in [4.69, 9.17) is 14.0 Å². The van der Waals surface area contributed by atoms with Gasteiger partial charge in [0.15, 0.2) is 0 Å². The summed E-state index contributed by atoms with van der Waals surface area (Å²) < 4.78 is 45.5. The number of carbonyl (C=O) groups excluding carboxylic acids is 1. The molecule has 1 fully saturated rings. The maximum Gasteiger partial charge on any atom is 0.466 e. The molecule has 4 N–H and O–H groups in total. The van der Waals surface area contributed by atoms with Crippen LogP contribution in [0.25, 0.3) is 0 Å². The van der Waals surface area contributed by atoms with Crippen molar-refractivity contribution in [2.75, 3.05) is 18.6 Å². The summed E-state index contributed by atoms with van der Waals surface area (Å²) in [5.74, 6) is 0.202. The van der Waals surface area contributed by atoms with E-state index in [1.807, 2.05) is 6.26 Å². The third-order valence-electron chi connectivity index (χ3n) is 4.53. The lowest BCUT2D eigenvalue weighted by molar-refractivity contribution is -0.205. The van der Waals surface area contributed by atoms with Gasteiger partial charge in [-0.2, -0.15) is 20.2 Å². The third-order valence-corrected chi connectivity index (χ3v) is 6.66. The van der Waals surface area contributed by atoms with Crippen LogP contribution in [-0.4, -0.2) is 87.8 Å². The molecule has 1 heterocycles. The van der Waals surface area contributed by atoms with Crippen molar-refractivity contribution in [2.24, 2.45) is 5.16 Å². The fourth-order valence-corrected chi connectivity index (χ4v) is 4.67. The molecule has 0 radical (unpaired) electrons. The van der Waals surface area contributed by atoms with Crippen molar-refractivity contribution in [1.82, 2.24) is 0 Å². The molecule has 0 bridgehead atoms. The Morgan fingerprint density at radius 3 is 2.45 bits per heavy atom. The van der Waals surface area contributed by atoms with Gasteiger partial charge in [0.1, 0.15) is 41.5 Å². The summed E-state index contributed by atoms with van der Waals surface area (Å²) in [6.45, 7) is -0.405. The largest absolute Gasteiger partial charge is 0.466 e. The molecule has 0 aromatic heterocycles. The van der Waals surface area contributed by atoms with E-state index in [2.05, 4.69) is 9.44 Å². The van der Waals surface area contributed by atoms with Crippen LogP contribution in [-0.2, 0) is 24.2 Å². The number of hydrogen-bond donors (Lipinski definition) is 4. The first-order valence-corrected chi connectivity index (χ1v) is 13.6. The minimum atomic E-state index is -4.84. The number of unbranched alkanes of at least 4 members (excludes halogenated alkanes) is 1. The van der Waals surface area contributed by atoms with Gasteiger partial charge in [0.2, 0.25) is 0 Å². The average molecular weight is 526 g/mol. The molecule has 0 saturated carbocycles. The molecule has 0 amide bonds. The van der Waals surface area contributed by atoms with E-state index in [1.54, 1.807) is 42.1 Å².